The minimum atomic E-state index is -0.342. The van der Waals surface area contributed by atoms with Gasteiger partial charge in [0.15, 0.2) is 0 Å². The van der Waals surface area contributed by atoms with Crippen molar-refractivity contribution < 1.29 is 14.3 Å². The first-order chi connectivity index (χ1) is 7.61. The van der Waals surface area contributed by atoms with E-state index in [-0.39, 0.29) is 24.1 Å². The van der Waals surface area contributed by atoms with Gasteiger partial charge in [0.2, 0.25) is 5.91 Å². The van der Waals surface area contributed by atoms with Crippen molar-refractivity contribution >= 4 is 12.0 Å². The Bertz CT molecular complexity index is 248. The van der Waals surface area contributed by atoms with Gasteiger partial charge in [-0.15, -0.1) is 0 Å². The fraction of sp³-hybridized carbons (Fsp3) is 0.818. The van der Waals surface area contributed by atoms with E-state index < -0.39 is 0 Å². The third-order valence-corrected chi connectivity index (χ3v) is 2.73. The highest BCUT2D eigenvalue weighted by Gasteiger charge is 2.22. The van der Waals surface area contributed by atoms with Crippen molar-refractivity contribution in [1.82, 2.24) is 10.6 Å². The smallest absolute Gasteiger partial charge is 0.407 e. The van der Waals surface area contributed by atoms with Gasteiger partial charge in [-0.1, -0.05) is 0 Å². The molecule has 0 radical (unpaired) electrons. The van der Waals surface area contributed by atoms with E-state index in [2.05, 4.69) is 10.6 Å². The van der Waals surface area contributed by atoms with Gasteiger partial charge in [-0.3, -0.25) is 4.79 Å². The molecule has 1 saturated carbocycles. The highest BCUT2D eigenvalue weighted by Crippen LogP contribution is 2.18. The van der Waals surface area contributed by atoms with Gasteiger partial charge >= 0.3 is 6.09 Å². The van der Waals surface area contributed by atoms with Crippen molar-refractivity contribution in [3.63, 3.8) is 0 Å². The SMILES string of the molecule is CCOC(=O)NC1CCC(NC(C)=O)CC1. The molecule has 1 aliphatic rings. The van der Waals surface area contributed by atoms with Crippen molar-refractivity contribution in [2.24, 2.45) is 0 Å². The number of nitrogens with one attached hydrogen (secondary N) is 2. The Morgan fingerprint density at radius 2 is 1.62 bits per heavy atom. The first kappa shape index (κ1) is 12.8. The van der Waals surface area contributed by atoms with E-state index in [0.717, 1.165) is 25.7 Å². The number of ether oxygens (including phenoxy) is 1. The summed E-state index contributed by atoms with van der Waals surface area (Å²) < 4.78 is 4.82. The number of amides is 2. The maximum absolute atomic E-state index is 11.2. The summed E-state index contributed by atoms with van der Waals surface area (Å²) in [5.74, 6) is 0.0156. The molecule has 0 unspecified atom stereocenters. The summed E-state index contributed by atoms with van der Waals surface area (Å²) in [6.07, 6.45) is 3.27. The Labute approximate surface area is 95.9 Å². The Morgan fingerprint density at radius 1 is 1.12 bits per heavy atom. The Balaban J connectivity index is 2.21. The van der Waals surface area contributed by atoms with E-state index in [1.54, 1.807) is 6.92 Å². The molecule has 0 atom stereocenters. The van der Waals surface area contributed by atoms with Crippen LogP contribution in [0, 0.1) is 0 Å². The lowest BCUT2D eigenvalue weighted by Gasteiger charge is -2.29. The van der Waals surface area contributed by atoms with Crippen LogP contribution in [0.1, 0.15) is 39.5 Å². The van der Waals surface area contributed by atoms with Crippen LogP contribution in [0.2, 0.25) is 0 Å². The van der Waals surface area contributed by atoms with Crippen LogP contribution in [-0.2, 0) is 9.53 Å². The van der Waals surface area contributed by atoms with Crippen LogP contribution in [0.25, 0.3) is 0 Å². The van der Waals surface area contributed by atoms with E-state index in [4.69, 9.17) is 4.74 Å². The summed E-state index contributed by atoms with van der Waals surface area (Å²) >= 11 is 0. The molecule has 1 rings (SSSR count). The second-order valence-corrected chi connectivity index (χ2v) is 4.11. The molecule has 0 heterocycles. The van der Waals surface area contributed by atoms with Crippen LogP contribution in [0.15, 0.2) is 0 Å². The van der Waals surface area contributed by atoms with Gasteiger partial charge in [-0.05, 0) is 32.6 Å². The molecule has 0 aliphatic heterocycles. The summed E-state index contributed by atoms with van der Waals surface area (Å²) in [6, 6.07) is 0.446. The first-order valence-corrected chi connectivity index (χ1v) is 5.82. The third kappa shape index (κ3) is 4.51. The van der Waals surface area contributed by atoms with Crippen molar-refractivity contribution in [3.05, 3.63) is 0 Å². The molecule has 0 aromatic rings. The third-order valence-electron chi connectivity index (χ3n) is 2.73. The monoisotopic (exact) mass is 228 g/mol. The van der Waals surface area contributed by atoms with E-state index in [1.807, 2.05) is 0 Å². The second-order valence-electron chi connectivity index (χ2n) is 4.11. The van der Waals surface area contributed by atoms with Crippen molar-refractivity contribution in [2.75, 3.05) is 6.61 Å². The summed E-state index contributed by atoms with van der Waals surface area (Å²) in [5, 5.41) is 5.72. The lowest BCUT2D eigenvalue weighted by Crippen LogP contribution is -2.43. The van der Waals surface area contributed by atoms with E-state index >= 15 is 0 Å². The normalized spacial score (nSPS) is 24.6. The van der Waals surface area contributed by atoms with Gasteiger partial charge in [-0.25, -0.2) is 4.79 Å². The lowest BCUT2D eigenvalue weighted by molar-refractivity contribution is -0.119. The maximum Gasteiger partial charge on any atom is 0.407 e. The zero-order valence-corrected chi connectivity index (χ0v) is 9.91. The molecule has 16 heavy (non-hydrogen) atoms. The van der Waals surface area contributed by atoms with Crippen molar-refractivity contribution in [3.8, 4) is 0 Å². The Morgan fingerprint density at radius 3 is 2.06 bits per heavy atom. The molecule has 1 fully saturated rings. The Kier molecular flexibility index (Phi) is 5.08. The van der Waals surface area contributed by atoms with Crippen LogP contribution in [0.4, 0.5) is 4.79 Å². The molecule has 0 spiro atoms. The molecule has 0 aromatic carbocycles. The number of hydrogen-bond acceptors (Lipinski definition) is 3. The zero-order chi connectivity index (χ0) is 12.0. The van der Waals surface area contributed by atoms with Gasteiger partial charge in [-0.2, -0.15) is 0 Å². The number of carbonyl (C=O) groups is 2. The average Bonchev–Trinajstić information content (AvgIpc) is 2.20. The molecule has 0 saturated heterocycles. The van der Waals surface area contributed by atoms with E-state index in [0.29, 0.717) is 6.61 Å². The predicted molar refractivity (Wildman–Crippen MR) is 60.0 cm³/mol. The van der Waals surface area contributed by atoms with Gasteiger partial charge in [0, 0.05) is 19.0 Å². The van der Waals surface area contributed by atoms with Gasteiger partial charge in [0.05, 0.1) is 6.61 Å². The Hall–Kier alpha value is -1.26. The summed E-state index contributed by atoms with van der Waals surface area (Å²) in [4.78, 5) is 22.0. The minimum Gasteiger partial charge on any atom is -0.450 e. The topological polar surface area (TPSA) is 67.4 Å². The molecule has 5 heteroatoms. The van der Waals surface area contributed by atoms with Crippen LogP contribution >= 0.6 is 0 Å². The first-order valence-electron chi connectivity index (χ1n) is 5.82. The molecule has 92 valence electrons. The number of rotatable bonds is 3. The molecular weight excluding hydrogens is 208 g/mol. The molecule has 0 aromatic heterocycles. The number of hydrogen-bond donors (Lipinski definition) is 2. The summed E-state index contributed by atoms with van der Waals surface area (Å²) in [6.45, 7) is 3.71. The summed E-state index contributed by atoms with van der Waals surface area (Å²) in [5.41, 5.74) is 0. The van der Waals surface area contributed by atoms with Gasteiger partial charge in [0.25, 0.3) is 0 Å². The van der Waals surface area contributed by atoms with Gasteiger partial charge < -0.3 is 15.4 Å². The molecule has 1 aliphatic carbocycles. The highest BCUT2D eigenvalue weighted by molar-refractivity contribution is 5.73. The molecule has 2 amide bonds. The molecule has 5 nitrogen and oxygen atoms in total. The van der Waals surface area contributed by atoms with Crippen molar-refractivity contribution in [1.29, 1.82) is 0 Å². The average molecular weight is 228 g/mol. The van der Waals surface area contributed by atoms with Crippen LogP contribution in [-0.4, -0.2) is 30.7 Å². The van der Waals surface area contributed by atoms with Crippen molar-refractivity contribution in [2.45, 2.75) is 51.6 Å². The van der Waals surface area contributed by atoms with Crippen LogP contribution < -0.4 is 10.6 Å². The minimum absolute atomic E-state index is 0.0156. The highest BCUT2D eigenvalue weighted by atomic mass is 16.5. The van der Waals surface area contributed by atoms with Crippen LogP contribution in [0.5, 0.6) is 0 Å². The molecular formula is C11H20N2O3. The van der Waals surface area contributed by atoms with E-state index in [9.17, 15) is 9.59 Å². The fourth-order valence-corrected chi connectivity index (χ4v) is 2.01. The lowest BCUT2D eigenvalue weighted by atomic mass is 9.91. The summed E-state index contributed by atoms with van der Waals surface area (Å²) in [7, 11) is 0. The zero-order valence-electron chi connectivity index (χ0n) is 9.91. The molecule has 2 N–H and O–H groups in total. The quantitative estimate of drug-likeness (QED) is 0.762. The van der Waals surface area contributed by atoms with Gasteiger partial charge in [0.1, 0.15) is 0 Å². The number of carbonyl (C=O) groups excluding carboxylic acids is 2. The second kappa shape index (κ2) is 6.35. The predicted octanol–water partition coefficient (Wildman–Crippen LogP) is 1.18. The largest absolute Gasteiger partial charge is 0.450 e. The standard InChI is InChI=1S/C11H20N2O3/c1-3-16-11(15)13-10-6-4-9(5-7-10)12-8(2)14/h9-10H,3-7H2,1-2H3,(H,12,14)(H,13,15). The molecule has 0 bridgehead atoms. The number of alkyl carbamates (subject to hydrolysis) is 1. The van der Waals surface area contributed by atoms with Crippen LogP contribution in [0.3, 0.4) is 0 Å². The van der Waals surface area contributed by atoms with E-state index in [1.165, 1.54) is 6.92 Å². The maximum atomic E-state index is 11.2. The fourth-order valence-electron chi connectivity index (χ4n) is 2.01.